The molecule has 1 atom stereocenters. The molecule has 1 unspecified atom stereocenters. The number of hydrogen-bond donors (Lipinski definition) is 2. The summed E-state index contributed by atoms with van der Waals surface area (Å²) in [6.45, 7) is 2.57. The van der Waals surface area contributed by atoms with Crippen molar-refractivity contribution in [2.75, 3.05) is 28.7 Å². The van der Waals surface area contributed by atoms with Gasteiger partial charge < -0.3 is 20.3 Å². The lowest BCUT2D eigenvalue weighted by molar-refractivity contribution is -0.122. The Kier molecular flexibility index (Phi) is 6.87. The first-order valence-corrected chi connectivity index (χ1v) is 10.9. The fourth-order valence-corrected chi connectivity index (χ4v) is 3.74. The molecule has 0 spiro atoms. The lowest BCUT2D eigenvalue weighted by atomic mass is 10.1. The van der Waals surface area contributed by atoms with Crippen molar-refractivity contribution in [1.29, 1.82) is 0 Å². The van der Waals surface area contributed by atoms with Gasteiger partial charge in [0, 0.05) is 29.9 Å². The fourth-order valence-electron chi connectivity index (χ4n) is 3.74. The van der Waals surface area contributed by atoms with Crippen molar-refractivity contribution in [2.45, 2.75) is 13.3 Å². The SMILES string of the molecule is CCOc1ccc(NC(=O)c2ccc(NC(=O)C3CC(=O)N(c4ccccc4F)C3)cc2)cc1. The highest BCUT2D eigenvalue weighted by atomic mass is 19.1. The normalized spacial score (nSPS) is 15.2. The fraction of sp³-hybridized carbons (Fsp3) is 0.192. The second-order valence-electron chi connectivity index (χ2n) is 7.83. The van der Waals surface area contributed by atoms with Gasteiger partial charge in [0.05, 0.1) is 18.2 Å². The molecular formula is C26H24FN3O4. The van der Waals surface area contributed by atoms with Crippen molar-refractivity contribution in [1.82, 2.24) is 0 Å². The second kappa shape index (κ2) is 10.2. The number of nitrogens with one attached hydrogen (secondary N) is 2. The number of carbonyl (C=O) groups is 3. The van der Waals surface area contributed by atoms with E-state index in [1.807, 2.05) is 6.92 Å². The Morgan fingerprint density at radius 3 is 2.29 bits per heavy atom. The molecule has 1 heterocycles. The quantitative estimate of drug-likeness (QED) is 0.544. The van der Waals surface area contributed by atoms with Gasteiger partial charge in [-0.2, -0.15) is 0 Å². The molecule has 3 aromatic rings. The van der Waals surface area contributed by atoms with Crippen molar-refractivity contribution < 1.29 is 23.5 Å². The van der Waals surface area contributed by atoms with E-state index < -0.39 is 11.7 Å². The zero-order valence-electron chi connectivity index (χ0n) is 18.6. The van der Waals surface area contributed by atoms with Crippen LogP contribution in [0.3, 0.4) is 0 Å². The van der Waals surface area contributed by atoms with Gasteiger partial charge in [0.15, 0.2) is 0 Å². The van der Waals surface area contributed by atoms with Crippen LogP contribution in [0.4, 0.5) is 21.5 Å². The van der Waals surface area contributed by atoms with Gasteiger partial charge in [-0.05, 0) is 67.6 Å². The summed E-state index contributed by atoms with van der Waals surface area (Å²) < 4.78 is 19.4. The number of anilines is 3. The maximum absolute atomic E-state index is 14.0. The van der Waals surface area contributed by atoms with Gasteiger partial charge in [0.1, 0.15) is 11.6 Å². The van der Waals surface area contributed by atoms with E-state index in [1.165, 1.54) is 17.0 Å². The molecule has 174 valence electrons. The summed E-state index contributed by atoms with van der Waals surface area (Å²) in [6, 6.07) is 19.5. The van der Waals surface area contributed by atoms with E-state index in [9.17, 15) is 18.8 Å². The van der Waals surface area contributed by atoms with Gasteiger partial charge in [-0.1, -0.05) is 12.1 Å². The Morgan fingerprint density at radius 2 is 1.62 bits per heavy atom. The van der Waals surface area contributed by atoms with E-state index in [0.717, 1.165) is 5.75 Å². The lowest BCUT2D eigenvalue weighted by Crippen LogP contribution is -2.28. The molecule has 1 aliphatic rings. The van der Waals surface area contributed by atoms with E-state index in [-0.39, 0.29) is 36.4 Å². The van der Waals surface area contributed by atoms with Gasteiger partial charge in [-0.15, -0.1) is 0 Å². The molecule has 7 nitrogen and oxygen atoms in total. The zero-order valence-corrected chi connectivity index (χ0v) is 18.6. The molecule has 8 heteroatoms. The van der Waals surface area contributed by atoms with Crippen LogP contribution in [-0.2, 0) is 9.59 Å². The average molecular weight is 461 g/mol. The second-order valence-corrected chi connectivity index (χ2v) is 7.83. The molecule has 0 radical (unpaired) electrons. The van der Waals surface area contributed by atoms with Gasteiger partial charge in [0.2, 0.25) is 11.8 Å². The van der Waals surface area contributed by atoms with Crippen LogP contribution in [0.25, 0.3) is 0 Å². The summed E-state index contributed by atoms with van der Waals surface area (Å²) >= 11 is 0. The third kappa shape index (κ3) is 5.23. The Hall–Kier alpha value is -4.20. The highest BCUT2D eigenvalue weighted by molar-refractivity contribution is 6.05. The monoisotopic (exact) mass is 461 g/mol. The van der Waals surface area contributed by atoms with Gasteiger partial charge >= 0.3 is 0 Å². The van der Waals surface area contributed by atoms with Crippen molar-refractivity contribution in [2.24, 2.45) is 5.92 Å². The third-order valence-electron chi connectivity index (χ3n) is 5.48. The lowest BCUT2D eigenvalue weighted by Gasteiger charge is -2.17. The molecular weight excluding hydrogens is 437 g/mol. The number of hydrogen-bond acceptors (Lipinski definition) is 4. The zero-order chi connectivity index (χ0) is 24.1. The van der Waals surface area contributed by atoms with E-state index in [2.05, 4.69) is 10.6 Å². The topological polar surface area (TPSA) is 87.7 Å². The number of halogens is 1. The minimum absolute atomic E-state index is 0.00272. The smallest absolute Gasteiger partial charge is 0.255 e. The number of benzene rings is 3. The first-order chi connectivity index (χ1) is 16.4. The van der Waals surface area contributed by atoms with Crippen molar-refractivity contribution in [3.05, 3.63) is 84.2 Å². The molecule has 2 N–H and O–H groups in total. The van der Waals surface area contributed by atoms with E-state index in [0.29, 0.717) is 23.5 Å². The van der Waals surface area contributed by atoms with E-state index >= 15 is 0 Å². The third-order valence-corrected chi connectivity index (χ3v) is 5.48. The minimum atomic E-state index is -0.602. The Bertz CT molecular complexity index is 1200. The number of nitrogens with zero attached hydrogens (tertiary/aromatic N) is 1. The summed E-state index contributed by atoms with van der Waals surface area (Å²) in [7, 11) is 0. The maximum atomic E-state index is 14.0. The van der Waals surface area contributed by atoms with Crippen LogP contribution in [0.5, 0.6) is 5.75 Å². The molecule has 3 amide bonds. The molecule has 3 aromatic carbocycles. The highest BCUT2D eigenvalue weighted by Gasteiger charge is 2.36. The van der Waals surface area contributed by atoms with E-state index in [1.54, 1.807) is 60.7 Å². The van der Waals surface area contributed by atoms with Crippen LogP contribution in [-0.4, -0.2) is 30.9 Å². The predicted octanol–water partition coefficient (Wildman–Crippen LogP) is 4.47. The molecule has 34 heavy (non-hydrogen) atoms. The summed E-state index contributed by atoms with van der Waals surface area (Å²) in [6.07, 6.45) is 0.00272. The number of carbonyl (C=O) groups excluding carboxylic acids is 3. The Morgan fingerprint density at radius 1 is 0.971 bits per heavy atom. The van der Waals surface area contributed by atoms with E-state index in [4.69, 9.17) is 4.74 Å². The molecule has 0 bridgehead atoms. The van der Waals surface area contributed by atoms with Crippen molar-refractivity contribution in [3.63, 3.8) is 0 Å². The van der Waals surface area contributed by atoms with Crippen LogP contribution in [0, 0.1) is 11.7 Å². The van der Waals surface area contributed by atoms with Crippen LogP contribution >= 0.6 is 0 Å². The molecule has 1 saturated heterocycles. The van der Waals surface area contributed by atoms with Crippen LogP contribution in [0.2, 0.25) is 0 Å². The average Bonchev–Trinajstić information content (AvgIpc) is 3.23. The first-order valence-electron chi connectivity index (χ1n) is 10.9. The number of rotatable bonds is 7. The maximum Gasteiger partial charge on any atom is 0.255 e. The highest BCUT2D eigenvalue weighted by Crippen LogP contribution is 2.28. The Labute approximate surface area is 196 Å². The minimum Gasteiger partial charge on any atom is -0.494 e. The van der Waals surface area contributed by atoms with Crippen LogP contribution in [0.1, 0.15) is 23.7 Å². The van der Waals surface area contributed by atoms with Crippen LogP contribution in [0.15, 0.2) is 72.8 Å². The molecule has 1 aliphatic heterocycles. The number of para-hydroxylation sites is 1. The number of ether oxygens (including phenoxy) is 1. The Balaban J connectivity index is 1.34. The van der Waals surface area contributed by atoms with Crippen LogP contribution < -0.4 is 20.3 Å². The van der Waals surface area contributed by atoms with Crippen molar-refractivity contribution in [3.8, 4) is 5.75 Å². The summed E-state index contributed by atoms with van der Waals surface area (Å²) in [5.41, 5.74) is 1.73. The first kappa shape index (κ1) is 23.0. The van der Waals surface area contributed by atoms with Gasteiger partial charge in [-0.25, -0.2) is 4.39 Å². The molecule has 4 rings (SSSR count). The largest absolute Gasteiger partial charge is 0.494 e. The standard InChI is InChI=1S/C26H24FN3O4/c1-2-34-21-13-11-20(12-14-21)28-25(32)17-7-9-19(10-8-17)29-26(33)18-15-24(31)30(16-18)23-6-4-3-5-22(23)27/h3-14,18H,2,15-16H2,1H3,(H,28,32)(H,29,33). The molecule has 0 saturated carbocycles. The number of amides is 3. The molecule has 0 aliphatic carbocycles. The van der Waals surface area contributed by atoms with Gasteiger partial charge in [-0.3, -0.25) is 14.4 Å². The summed E-state index contributed by atoms with van der Waals surface area (Å²) in [5.74, 6) is -1.30. The summed E-state index contributed by atoms with van der Waals surface area (Å²) in [5, 5.41) is 5.57. The molecule has 1 fully saturated rings. The van der Waals surface area contributed by atoms with Gasteiger partial charge in [0.25, 0.3) is 5.91 Å². The molecule has 0 aromatic heterocycles. The summed E-state index contributed by atoms with van der Waals surface area (Å²) in [4.78, 5) is 38.8. The predicted molar refractivity (Wildman–Crippen MR) is 127 cm³/mol. The van der Waals surface area contributed by atoms with Crippen molar-refractivity contribution >= 4 is 34.8 Å².